The Balaban J connectivity index is 1.49. The van der Waals surface area contributed by atoms with Crippen LogP contribution >= 0.6 is 0 Å². The van der Waals surface area contributed by atoms with Gasteiger partial charge in [-0.2, -0.15) is 0 Å². The molecule has 0 radical (unpaired) electrons. The third-order valence-electron chi connectivity index (χ3n) is 4.69. The first-order valence-corrected chi connectivity index (χ1v) is 12.5. The Hall–Kier alpha value is -4.82. The van der Waals surface area contributed by atoms with Crippen molar-refractivity contribution in [3.8, 4) is 11.5 Å². The summed E-state index contributed by atoms with van der Waals surface area (Å²) in [4.78, 5) is 70.0. The predicted molar refractivity (Wildman–Crippen MR) is 140 cm³/mol. The molecule has 226 valence electrons. The molecule has 0 fully saturated rings. The SMILES string of the molecule is CC(=O)Oc1ccccc1C(=O)OCCOCC(=O)OCCOC(=O)COCCOC(=O)c1ccccc1OC(C)=O. The second kappa shape index (κ2) is 18.5. The zero-order chi connectivity index (χ0) is 30.7. The van der Waals surface area contributed by atoms with Crippen LogP contribution in [0.1, 0.15) is 34.6 Å². The molecular weight excluding hydrogens is 560 g/mol. The molecule has 42 heavy (non-hydrogen) atoms. The van der Waals surface area contributed by atoms with Crippen molar-refractivity contribution in [1.29, 1.82) is 0 Å². The number of para-hydroxylation sites is 2. The minimum Gasteiger partial charge on any atom is -0.460 e. The van der Waals surface area contributed by atoms with Crippen LogP contribution in [0.15, 0.2) is 48.5 Å². The number of carbonyl (C=O) groups excluding carboxylic acids is 6. The Labute approximate surface area is 240 Å². The number of hydrogen-bond acceptors (Lipinski definition) is 14. The van der Waals surface area contributed by atoms with Crippen molar-refractivity contribution in [2.75, 3.05) is 52.9 Å². The lowest BCUT2D eigenvalue weighted by Gasteiger charge is -2.10. The largest absolute Gasteiger partial charge is 0.460 e. The first-order valence-electron chi connectivity index (χ1n) is 12.5. The zero-order valence-electron chi connectivity index (χ0n) is 23.0. The van der Waals surface area contributed by atoms with Gasteiger partial charge in [0.25, 0.3) is 0 Å². The molecule has 0 aromatic heterocycles. The van der Waals surface area contributed by atoms with Gasteiger partial charge in [-0.3, -0.25) is 9.59 Å². The van der Waals surface area contributed by atoms with Crippen molar-refractivity contribution >= 4 is 35.8 Å². The number of benzene rings is 2. The van der Waals surface area contributed by atoms with Gasteiger partial charge >= 0.3 is 35.8 Å². The van der Waals surface area contributed by atoms with Crippen LogP contribution in [0.3, 0.4) is 0 Å². The summed E-state index contributed by atoms with van der Waals surface area (Å²) < 4.78 is 39.8. The molecule has 2 aromatic rings. The van der Waals surface area contributed by atoms with E-state index in [2.05, 4.69) is 0 Å². The molecule has 0 saturated carbocycles. The highest BCUT2D eigenvalue weighted by Crippen LogP contribution is 2.20. The summed E-state index contributed by atoms with van der Waals surface area (Å²) in [6.45, 7) is 0.564. The summed E-state index contributed by atoms with van der Waals surface area (Å²) in [5.41, 5.74) is 0.129. The molecular formula is C28H30O14. The normalized spacial score (nSPS) is 10.2. The summed E-state index contributed by atoms with van der Waals surface area (Å²) in [7, 11) is 0. The molecule has 0 heterocycles. The summed E-state index contributed by atoms with van der Waals surface area (Å²) in [6.07, 6.45) is 0. The van der Waals surface area contributed by atoms with E-state index < -0.39 is 49.0 Å². The molecule has 0 spiro atoms. The van der Waals surface area contributed by atoms with E-state index in [1.165, 1.54) is 38.1 Å². The Kier molecular flexibility index (Phi) is 14.7. The smallest absolute Gasteiger partial charge is 0.342 e. The van der Waals surface area contributed by atoms with E-state index in [1.807, 2.05) is 0 Å². The Morgan fingerprint density at radius 2 is 0.857 bits per heavy atom. The molecule has 2 rings (SSSR count). The lowest BCUT2D eigenvalue weighted by atomic mass is 10.2. The summed E-state index contributed by atoms with van der Waals surface area (Å²) in [6, 6.07) is 12.1. The number of rotatable bonds is 17. The van der Waals surface area contributed by atoms with E-state index in [4.69, 9.17) is 37.9 Å². The van der Waals surface area contributed by atoms with Crippen LogP contribution in [0, 0.1) is 0 Å². The number of ether oxygens (including phenoxy) is 8. The minimum atomic E-state index is -0.731. The molecule has 2 aromatic carbocycles. The van der Waals surface area contributed by atoms with Gasteiger partial charge in [0.1, 0.15) is 62.3 Å². The topological polar surface area (TPSA) is 176 Å². The maximum Gasteiger partial charge on any atom is 0.342 e. The minimum absolute atomic E-state index is 0.0632. The van der Waals surface area contributed by atoms with Crippen molar-refractivity contribution in [1.82, 2.24) is 0 Å². The summed E-state index contributed by atoms with van der Waals surface area (Å²) in [5, 5.41) is 0. The maximum atomic E-state index is 12.1. The molecule has 0 aliphatic carbocycles. The third-order valence-corrected chi connectivity index (χ3v) is 4.69. The average Bonchev–Trinajstić information content (AvgIpc) is 2.94. The van der Waals surface area contributed by atoms with Crippen LogP contribution in [0.5, 0.6) is 11.5 Å². The number of hydrogen-bond donors (Lipinski definition) is 0. The second-order valence-corrected chi connectivity index (χ2v) is 8.00. The van der Waals surface area contributed by atoms with Gasteiger partial charge in [0.05, 0.1) is 13.2 Å². The van der Waals surface area contributed by atoms with Gasteiger partial charge < -0.3 is 37.9 Å². The van der Waals surface area contributed by atoms with Crippen molar-refractivity contribution < 1.29 is 66.7 Å². The standard InChI is InChI=1S/C28H30O14/c1-19(29)41-23-9-5-3-7-21(23)27(33)39-13-11-35-17-25(31)37-15-16-38-26(32)18-36-12-14-40-28(34)22-8-4-6-10-24(22)42-20(2)30/h3-10H,11-18H2,1-2H3. The fourth-order valence-electron chi connectivity index (χ4n) is 3.01. The average molecular weight is 591 g/mol. The van der Waals surface area contributed by atoms with Crippen LogP contribution in [0.25, 0.3) is 0 Å². The molecule has 14 heteroatoms. The quantitative estimate of drug-likeness (QED) is 0.112. The third kappa shape index (κ3) is 13.0. The highest BCUT2D eigenvalue weighted by Gasteiger charge is 2.16. The molecule has 0 N–H and O–H groups in total. The van der Waals surface area contributed by atoms with E-state index >= 15 is 0 Å². The maximum absolute atomic E-state index is 12.1. The van der Waals surface area contributed by atoms with Crippen LogP contribution < -0.4 is 9.47 Å². The van der Waals surface area contributed by atoms with Gasteiger partial charge in [-0.25, -0.2) is 19.2 Å². The van der Waals surface area contributed by atoms with Crippen molar-refractivity contribution in [3.63, 3.8) is 0 Å². The van der Waals surface area contributed by atoms with Crippen LogP contribution in [0.2, 0.25) is 0 Å². The van der Waals surface area contributed by atoms with Gasteiger partial charge in [-0.05, 0) is 24.3 Å². The monoisotopic (exact) mass is 590 g/mol. The first-order chi connectivity index (χ1) is 20.2. The van der Waals surface area contributed by atoms with E-state index in [-0.39, 0.29) is 62.3 Å². The molecule has 0 atom stereocenters. The molecule has 0 unspecified atom stereocenters. The molecule has 0 aliphatic rings. The van der Waals surface area contributed by atoms with Gasteiger partial charge in [0.15, 0.2) is 0 Å². The fourth-order valence-corrected chi connectivity index (χ4v) is 3.01. The second-order valence-electron chi connectivity index (χ2n) is 8.00. The highest BCUT2D eigenvalue weighted by molar-refractivity contribution is 5.94. The molecule has 0 saturated heterocycles. The lowest BCUT2D eigenvalue weighted by molar-refractivity contribution is -0.157. The summed E-state index contributed by atoms with van der Waals surface area (Å²) >= 11 is 0. The van der Waals surface area contributed by atoms with Crippen molar-refractivity contribution in [3.05, 3.63) is 59.7 Å². The van der Waals surface area contributed by atoms with Crippen LogP contribution in [-0.4, -0.2) is 88.7 Å². The Morgan fingerprint density at radius 1 is 0.500 bits per heavy atom. The fraction of sp³-hybridized carbons (Fsp3) is 0.357. The number of esters is 6. The molecule has 0 amide bonds. The van der Waals surface area contributed by atoms with E-state index in [0.717, 1.165) is 0 Å². The van der Waals surface area contributed by atoms with Crippen molar-refractivity contribution in [2.24, 2.45) is 0 Å². The van der Waals surface area contributed by atoms with Gasteiger partial charge in [0, 0.05) is 13.8 Å². The van der Waals surface area contributed by atoms with Crippen LogP contribution in [0.4, 0.5) is 0 Å². The Morgan fingerprint density at radius 3 is 1.24 bits per heavy atom. The van der Waals surface area contributed by atoms with E-state index in [9.17, 15) is 28.8 Å². The van der Waals surface area contributed by atoms with Gasteiger partial charge in [-0.1, -0.05) is 24.3 Å². The van der Waals surface area contributed by atoms with Crippen LogP contribution in [-0.2, 0) is 47.6 Å². The molecule has 0 aliphatic heterocycles. The van der Waals surface area contributed by atoms with Gasteiger partial charge in [0.2, 0.25) is 0 Å². The first kappa shape index (κ1) is 33.4. The van der Waals surface area contributed by atoms with E-state index in [0.29, 0.717) is 0 Å². The highest BCUT2D eigenvalue weighted by atomic mass is 16.6. The van der Waals surface area contributed by atoms with Gasteiger partial charge in [-0.15, -0.1) is 0 Å². The molecule has 0 bridgehead atoms. The predicted octanol–water partition coefficient (Wildman–Crippen LogP) is 1.67. The molecule has 14 nitrogen and oxygen atoms in total. The Bertz CT molecular complexity index is 1140. The summed E-state index contributed by atoms with van der Waals surface area (Å²) in [5.74, 6) is -3.96. The van der Waals surface area contributed by atoms with E-state index in [1.54, 1.807) is 24.3 Å². The lowest BCUT2D eigenvalue weighted by Crippen LogP contribution is -2.21. The van der Waals surface area contributed by atoms with Crippen molar-refractivity contribution in [2.45, 2.75) is 13.8 Å². The number of carbonyl (C=O) groups is 6. The zero-order valence-corrected chi connectivity index (χ0v) is 23.0.